The molecule has 0 amide bonds. The van der Waals surface area contributed by atoms with Gasteiger partial charge in [-0.2, -0.15) is 0 Å². The second kappa shape index (κ2) is 6.12. The van der Waals surface area contributed by atoms with Gasteiger partial charge in [0.25, 0.3) is 0 Å². The third-order valence-electron chi connectivity index (χ3n) is 2.98. The normalized spacial score (nSPS) is 10.5. The van der Waals surface area contributed by atoms with Crippen molar-refractivity contribution < 1.29 is 0 Å². The van der Waals surface area contributed by atoms with Gasteiger partial charge < -0.3 is 15.2 Å². The van der Waals surface area contributed by atoms with Gasteiger partial charge >= 0.3 is 0 Å². The van der Waals surface area contributed by atoms with Crippen LogP contribution in [0.5, 0.6) is 0 Å². The molecule has 0 saturated carbocycles. The van der Waals surface area contributed by atoms with Gasteiger partial charge in [-0.15, -0.1) is 10.2 Å². The van der Waals surface area contributed by atoms with Crippen LogP contribution in [0.15, 0.2) is 12.7 Å². The summed E-state index contributed by atoms with van der Waals surface area (Å²) in [6.45, 7) is 2.85. The quantitative estimate of drug-likeness (QED) is 0.803. The van der Waals surface area contributed by atoms with E-state index in [1.165, 1.54) is 0 Å². The molecule has 19 heavy (non-hydrogen) atoms. The smallest absolute Gasteiger partial charge is 0.134 e. The molecule has 2 aromatic heterocycles. The fourth-order valence-corrected chi connectivity index (χ4v) is 1.94. The molecular formula is C12H19N7. The first kappa shape index (κ1) is 13.3. The van der Waals surface area contributed by atoms with E-state index >= 15 is 0 Å². The summed E-state index contributed by atoms with van der Waals surface area (Å²) in [6, 6.07) is 0. The first-order valence-electron chi connectivity index (χ1n) is 6.34. The number of nitrogens with one attached hydrogen (secondary N) is 2. The highest BCUT2D eigenvalue weighted by Crippen LogP contribution is 2.19. The van der Waals surface area contributed by atoms with E-state index in [2.05, 4.69) is 37.7 Å². The molecular weight excluding hydrogens is 242 g/mol. The number of hydrogen-bond donors (Lipinski definition) is 2. The maximum atomic E-state index is 4.29. The molecule has 0 bridgehead atoms. The zero-order chi connectivity index (χ0) is 13.7. The Bertz CT molecular complexity index is 535. The van der Waals surface area contributed by atoms with Gasteiger partial charge in [0.2, 0.25) is 0 Å². The molecule has 7 nitrogen and oxygen atoms in total. The van der Waals surface area contributed by atoms with Crippen LogP contribution in [0.3, 0.4) is 0 Å². The van der Waals surface area contributed by atoms with Crippen LogP contribution in [0.1, 0.15) is 18.3 Å². The van der Waals surface area contributed by atoms with Gasteiger partial charge in [0.05, 0.1) is 0 Å². The summed E-state index contributed by atoms with van der Waals surface area (Å²) < 4.78 is 1.92. The van der Waals surface area contributed by atoms with Gasteiger partial charge in [-0.1, -0.05) is 6.92 Å². The fraction of sp³-hybridized carbons (Fsp3) is 0.500. The predicted molar refractivity (Wildman–Crippen MR) is 74.2 cm³/mol. The van der Waals surface area contributed by atoms with Crippen molar-refractivity contribution in [3.8, 4) is 0 Å². The van der Waals surface area contributed by atoms with Crippen LogP contribution in [0, 0.1) is 0 Å². The molecule has 2 aromatic rings. The van der Waals surface area contributed by atoms with Crippen LogP contribution in [-0.2, 0) is 19.9 Å². The highest BCUT2D eigenvalue weighted by Gasteiger charge is 2.08. The predicted octanol–water partition coefficient (Wildman–Crippen LogP) is 0.864. The Kier molecular flexibility index (Phi) is 4.27. The number of nitrogens with zero attached hydrogens (tertiary/aromatic N) is 5. The topological polar surface area (TPSA) is 80.6 Å². The average molecular weight is 261 g/mol. The monoisotopic (exact) mass is 261 g/mol. The lowest BCUT2D eigenvalue weighted by molar-refractivity contribution is 0.786. The van der Waals surface area contributed by atoms with Gasteiger partial charge in [0, 0.05) is 32.6 Å². The second-order valence-corrected chi connectivity index (χ2v) is 4.19. The van der Waals surface area contributed by atoms with Gasteiger partial charge in [-0.25, -0.2) is 9.97 Å². The highest BCUT2D eigenvalue weighted by atomic mass is 15.2. The Hall–Kier alpha value is -2.18. The Labute approximate surface area is 112 Å². The minimum absolute atomic E-state index is 0.764. The van der Waals surface area contributed by atoms with Crippen LogP contribution in [0.25, 0.3) is 0 Å². The summed E-state index contributed by atoms with van der Waals surface area (Å²) >= 11 is 0. The zero-order valence-corrected chi connectivity index (χ0v) is 11.5. The van der Waals surface area contributed by atoms with Crippen molar-refractivity contribution in [3.63, 3.8) is 0 Å². The lowest BCUT2D eigenvalue weighted by Gasteiger charge is -2.12. The first-order chi connectivity index (χ1) is 9.26. The standard InChI is InChI=1S/C12H19N7/c1-4-9-11(13-2)15-7-16-12(9)14-6-5-10-18-17-8-19(10)3/h7-8H,4-6H2,1-3H3,(H2,13,14,15,16). The Balaban J connectivity index is 2.01. The number of aromatic nitrogens is 5. The van der Waals surface area contributed by atoms with Crippen LogP contribution >= 0.6 is 0 Å². The third-order valence-corrected chi connectivity index (χ3v) is 2.98. The molecule has 0 atom stereocenters. The van der Waals surface area contributed by atoms with E-state index in [9.17, 15) is 0 Å². The summed E-state index contributed by atoms with van der Waals surface area (Å²) in [6.07, 6.45) is 4.95. The summed E-state index contributed by atoms with van der Waals surface area (Å²) in [4.78, 5) is 8.51. The van der Waals surface area contributed by atoms with Crippen LogP contribution < -0.4 is 10.6 Å². The second-order valence-electron chi connectivity index (χ2n) is 4.19. The van der Waals surface area contributed by atoms with E-state index in [1.54, 1.807) is 12.7 Å². The van der Waals surface area contributed by atoms with Gasteiger partial charge in [0.1, 0.15) is 30.1 Å². The molecule has 0 unspecified atom stereocenters. The molecule has 0 aliphatic heterocycles. The van der Waals surface area contributed by atoms with Crippen molar-refractivity contribution in [2.45, 2.75) is 19.8 Å². The van der Waals surface area contributed by atoms with E-state index in [1.807, 2.05) is 18.7 Å². The molecule has 0 aliphatic carbocycles. The molecule has 0 aromatic carbocycles. The first-order valence-corrected chi connectivity index (χ1v) is 6.34. The maximum Gasteiger partial charge on any atom is 0.134 e. The van der Waals surface area contributed by atoms with Crippen molar-refractivity contribution in [2.24, 2.45) is 7.05 Å². The molecule has 7 heteroatoms. The van der Waals surface area contributed by atoms with Crippen LogP contribution in [0.4, 0.5) is 11.6 Å². The number of rotatable bonds is 6. The van der Waals surface area contributed by atoms with Gasteiger partial charge in [-0.3, -0.25) is 0 Å². The Morgan fingerprint density at radius 3 is 2.68 bits per heavy atom. The molecule has 0 aliphatic rings. The lowest BCUT2D eigenvalue weighted by Crippen LogP contribution is -2.12. The zero-order valence-electron chi connectivity index (χ0n) is 11.5. The van der Waals surface area contributed by atoms with Crippen molar-refractivity contribution >= 4 is 11.6 Å². The van der Waals surface area contributed by atoms with Gasteiger partial charge in [-0.05, 0) is 6.42 Å². The summed E-state index contributed by atoms with van der Waals surface area (Å²) in [7, 11) is 3.81. The molecule has 0 saturated heterocycles. The fourth-order valence-electron chi connectivity index (χ4n) is 1.94. The minimum Gasteiger partial charge on any atom is -0.373 e. The third kappa shape index (κ3) is 2.98. The molecule has 0 spiro atoms. The van der Waals surface area contributed by atoms with E-state index in [0.29, 0.717) is 0 Å². The summed E-state index contributed by atoms with van der Waals surface area (Å²) in [5, 5.41) is 14.3. The molecule has 102 valence electrons. The number of hydrogen-bond acceptors (Lipinski definition) is 6. The molecule has 2 N–H and O–H groups in total. The molecule has 0 radical (unpaired) electrons. The van der Waals surface area contributed by atoms with Crippen molar-refractivity contribution in [1.29, 1.82) is 0 Å². The number of aryl methyl sites for hydroxylation is 1. The van der Waals surface area contributed by atoms with E-state index in [0.717, 1.165) is 42.4 Å². The van der Waals surface area contributed by atoms with Crippen molar-refractivity contribution in [3.05, 3.63) is 24.0 Å². The SMILES string of the molecule is CCc1c(NC)ncnc1NCCc1nncn1C. The maximum absolute atomic E-state index is 4.29. The van der Waals surface area contributed by atoms with Crippen molar-refractivity contribution in [2.75, 3.05) is 24.2 Å². The average Bonchev–Trinajstić information content (AvgIpc) is 2.84. The van der Waals surface area contributed by atoms with Crippen molar-refractivity contribution in [1.82, 2.24) is 24.7 Å². The molecule has 2 heterocycles. The van der Waals surface area contributed by atoms with Gasteiger partial charge in [0.15, 0.2) is 0 Å². The Morgan fingerprint density at radius 2 is 2.05 bits per heavy atom. The summed E-state index contributed by atoms with van der Waals surface area (Å²) in [5.74, 6) is 2.70. The summed E-state index contributed by atoms with van der Waals surface area (Å²) in [5.41, 5.74) is 1.10. The number of anilines is 2. The Morgan fingerprint density at radius 1 is 1.26 bits per heavy atom. The van der Waals surface area contributed by atoms with E-state index in [4.69, 9.17) is 0 Å². The largest absolute Gasteiger partial charge is 0.373 e. The van der Waals surface area contributed by atoms with E-state index in [-0.39, 0.29) is 0 Å². The van der Waals surface area contributed by atoms with E-state index < -0.39 is 0 Å². The molecule has 2 rings (SSSR count). The van der Waals surface area contributed by atoms with Crippen LogP contribution in [-0.4, -0.2) is 38.3 Å². The molecule has 0 fully saturated rings. The minimum atomic E-state index is 0.764. The lowest BCUT2D eigenvalue weighted by atomic mass is 10.2. The highest BCUT2D eigenvalue weighted by molar-refractivity contribution is 5.57. The van der Waals surface area contributed by atoms with Crippen LogP contribution in [0.2, 0.25) is 0 Å².